The molecular formula is C12H13N3O. The van der Waals surface area contributed by atoms with Crippen LogP contribution in [0.5, 0.6) is 5.75 Å². The second-order valence-corrected chi connectivity index (χ2v) is 3.55. The number of aromatic nitrogens is 1. The Bertz CT molecular complexity index is 511. The molecular weight excluding hydrogens is 202 g/mol. The van der Waals surface area contributed by atoms with Crippen LogP contribution >= 0.6 is 0 Å². The number of rotatable bonds is 2. The van der Waals surface area contributed by atoms with Crippen molar-refractivity contribution in [2.24, 2.45) is 0 Å². The lowest BCUT2D eigenvalue weighted by atomic mass is 10.3. The first-order valence-corrected chi connectivity index (χ1v) is 4.94. The number of hydrogen-bond donors (Lipinski definition) is 3. The molecule has 0 aliphatic carbocycles. The van der Waals surface area contributed by atoms with Gasteiger partial charge in [0.15, 0.2) is 0 Å². The van der Waals surface area contributed by atoms with Gasteiger partial charge in [0.25, 0.3) is 0 Å². The highest BCUT2D eigenvalue weighted by molar-refractivity contribution is 5.60. The van der Waals surface area contributed by atoms with E-state index in [-0.39, 0.29) is 5.75 Å². The lowest BCUT2D eigenvalue weighted by Gasteiger charge is -2.07. The van der Waals surface area contributed by atoms with Crippen molar-refractivity contribution in [3.63, 3.8) is 0 Å². The number of phenols is 1. The van der Waals surface area contributed by atoms with Gasteiger partial charge in [0.05, 0.1) is 11.4 Å². The number of nitrogens with two attached hydrogens (primary N) is 1. The van der Waals surface area contributed by atoms with E-state index in [1.54, 1.807) is 30.3 Å². The van der Waals surface area contributed by atoms with Gasteiger partial charge in [-0.05, 0) is 31.2 Å². The van der Waals surface area contributed by atoms with E-state index in [1.807, 2.05) is 13.0 Å². The molecule has 2 rings (SSSR count). The third-order valence-electron chi connectivity index (χ3n) is 2.25. The third kappa shape index (κ3) is 2.23. The van der Waals surface area contributed by atoms with E-state index in [0.29, 0.717) is 11.5 Å². The minimum atomic E-state index is 0.220. The molecule has 0 radical (unpaired) electrons. The SMILES string of the molecule is Cc1nc(Nc2cccc(O)c2)ccc1N. The second-order valence-electron chi connectivity index (χ2n) is 3.55. The fourth-order valence-corrected chi connectivity index (χ4v) is 1.37. The summed E-state index contributed by atoms with van der Waals surface area (Å²) < 4.78 is 0. The van der Waals surface area contributed by atoms with Crippen molar-refractivity contribution in [2.45, 2.75) is 6.92 Å². The lowest BCUT2D eigenvalue weighted by Crippen LogP contribution is -1.98. The van der Waals surface area contributed by atoms with Crippen LogP contribution < -0.4 is 11.1 Å². The molecule has 0 fully saturated rings. The summed E-state index contributed by atoms with van der Waals surface area (Å²) in [6.45, 7) is 1.85. The van der Waals surface area contributed by atoms with E-state index in [4.69, 9.17) is 5.73 Å². The summed E-state index contributed by atoms with van der Waals surface area (Å²) in [6.07, 6.45) is 0. The molecule has 1 aromatic carbocycles. The number of nitrogens with zero attached hydrogens (tertiary/aromatic N) is 1. The molecule has 1 heterocycles. The molecule has 4 N–H and O–H groups in total. The summed E-state index contributed by atoms with van der Waals surface area (Å²) in [5.41, 5.74) is 7.92. The highest BCUT2D eigenvalue weighted by Crippen LogP contribution is 2.20. The average molecular weight is 215 g/mol. The number of hydrogen-bond acceptors (Lipinski definition) is 4. The first-order chi connectivity index (χ1) is 7.65. The summed E-state index contributed by atoms with van der Waals surface area (Å²) in [6, 6.07) is 10.5. The summed E-state index contributed by atoms with van der Waals surface area (Å²) in [5, 5.41) is 12.4. The first-order valence-electron chi connectivity index (χ1n) is 4.94. The third-order valence-corrected chi connectivity index (χ3v) is 2.25. The van der Waals surface area contributed by atoms with Crippen molar-refractivity contribution < 1.29 is 5.11 Å². The van der Waals surface area contributed by atoms with E-state index in [9.17, 15) is 5.11 Å². The number of aromatic hydroxyl groups is 1. The summed E-state index contributed by atoms with van der Waals surface area (Å²) in [5.74, 6) is 0.925. The number of phenolic OH excluding ortho intramolecular Hbond substituents is 1. The van der Waals surface area contributed by atoms with E-state index < -0.39 is 0 Å². The monoisotopic (exact) mass is 215 g/mol. The molecule has 0 saturated carbocycles. The molecule has 0 atom stereocenters. The summed E-state index contributed by atoms with van der Waals surface area (Å²) in [7, 11) is 0. The summed E-state index contributed by atoms with van der Waals surface area (Å²) >= 11 is 0. The Morgan fingerprint density at radius 3 is 2.75 bits per heavy atom. The van der Waals surface area contributed by atoms with E-state index in [2.05, 4.69) is 10.3 Å². The fraction of sp³-hybridized carbons (Fsp3) is 0.0833. The van der Waals surface area contributed by atoms with Crippen LogP contribution in [-0.2, 0) is 0 Å². The van der Waals surface area contributed by atoms with Gasteiger partial charge in [-0.15, -0.1) is 0 Å². The largest absolute Gasteiger partial charge is 0.508 e. The zero-order valence-electron chi connectivity index (χ0n) is 8.94. The fourth-order valence-electron chi connectivity index (χ4n) is 1.37. The normalized spacial score (nSPS) is 10.1. The number of anilines is 3. The summed E-state index contributed by atoms with van der Waals surface area (Å²) in [4.78, 5) is 4.28. The van der Waals surface area contributed by atoms with Gasteiger partial charge in [0, 0.05) is 11.8 Å². The van der Waals surface area contributed by atoms with Crippen molar-refractivity contribution in [1.29, 1.82) is 0 Å². The van der Waals surface area contributed by atoms with Gasteiger partial charge in [-0.2, -0.15) is 0 Å². The maximum absolute atomic E-state index is 9.31. The second kappa shape index (κ2) is 4.10. The standard InChI is InChI=1S/C12H13N3O/c1-8-11(13)5-6-12(14-8)15-9-3-2-4-10(16)7-9/h2-7,16H,13H2,1H3,(H,14,15). The van der Waals surface area contributed by atoms with Crippen molar-refractivity contribution in [2.75, 3.05) is 11.1 Å². The van der Waals surface area contributed by atoms with Crippen LogP contribution in [0.3, 0.4) is 0 Å². The van der Waals surface area contributed by atoms with Crippen LogP contribution in [-0.4, -0.2) is 10.1 Å². The van der Waals surface area contributed by atoms with Crippen LogP contribution in [0.15, 0.2) is 36.4 Å². The zero-order valence-corrected chi connectivity index (χ0v) is 8.94. The number of nitrogen functional groups attached to an aromatic ring is 1. The van der Waals surface area contributed by atoms with Gasteiger partial charge in [0.2, 0.25) is 0 Å². The minimum absolute atomic E-state index is 0.220. The molecule has 0 bridgehead atoms. The maximum Gasteiger partial charge on any atom is 0.130 e. The van der Waals surface area contributed by atoms with E-state index >= 15 is 0 Å². The molecule has 0 amide bonds. The van der Waals surface area contributed by atoms with Gasteiger partial charge in [0.1, 0.15) is 11.6 Å². The highest BCUT2D eigenvalue weighted by Gasteiger charge is 1.99. The molecule has 4 nitrogen and oxygen atoms in total. The smallest absolute Gasteiger partial charge is 0.130 e. The minimum Gasteiger partial charge on any atom is -0.508 e. The van der Waals surface area contributed by atoms with Gasteiger partial charge in [-0.1, -0.05) is 6.07 Å². The zero-order chi connectivity index (χ0) is 11.5. The van der Waals surface area contributed by atoms with Crippen LogP contribution in [0.25, 0.3) is 0 Å². The Balaban J connectivity index is 2.24. The van der Waals surface area contributed by atoms with Crippen LogP contribution in [0.4, 0.5) is 17.2 Å². The Hall–Kier alpha value is -2.23. The molecule has 0 saturated heterocycles. The molecule has 0 unspecified atom stereocenters. The van der Waals surface area contributed by atoms with Crippen LogP contribution in [0, 0.1) is 6.92 Å². The van der Waals surface area contributed by atoms with Gasteiger partial charge < -0.3 is 16.2 Å². The molecule has 0 spiro atoms. The quantitative estimate of drug-likeness (QED) is 0.719. The van der Waals surface area contributed by atoms with E-state index in [1.165, 1.54) is 0 Å². The molecule has 82 valence electrons. The topological polar surface area (TPSA) is 71.2 Å². The predicted octanol–water partition coefficient (Wildman–Crippen LogP) is 2.42. The van der Waals surface area contributed by atoms with E-state index in [0.717, 1.165) is 11.4 Å². The number of pyridine rings is 1. The van der Waals surface area contributed by atoms with Crippen LogP contribution in [0.2, 0.25) is 0 Å². The Morgan fingerprint density at radius 2 is 2.06 bits per heavy atom. The molecule has 2 aromatic rings. The Kier molecular flexibility index (Phi) is 2.64. The van der Waals surface area contributed by atoms with Crippen molar-refractivity contribution in [1.82, 2.24) is 4.98 Å². The van der Waals surface area contributed by atoms with Gasteiger partial charge in [-0.25, -0.2) is 4.98 Å². The average Bonchev–Trinajstić information content (AvgIpc) is 2.24. The van der Waals surface area contributed by atoms with Gasteiger partial charge in [-0.3, -0.25) is 0 Å². The Labute approximate surface area is 93.8 Å². The molecule has 1 aromatic heterocycles. The maximum atomic E-state index is 9.31. The van der Waals surface area contributed by atoms with Crippen molar-refractivity contribution in [3.05, 3.63) is 42.1 Å². The first kappa shape index (κ1) is 10.3. The molecule has 0 aliphatic rings. The Morgan fingerprint density at radius 1 is 1.25 bits per heavy atom. The predicted molar refractivity (Wildman–Crippen MR) is 64.8 cm³/mol. The van der Waals surface area contributed by atoms with Crippen molar-refractivity contribution in [3.8, 4) is 5.75 Å². The lowest BCUT2D eigenvalue weighted by molar-refractivity contribution is 0.475. The molecule has 16 heavy (non-hydrogen) atoms. The molecule has 4 heteroatoms. The van der Waals surface area contributed by atoms with Crippen LogP contribution in [0.1, 0.15) is 5.69 Å². The highest BCUT2D eigenvalue weighted by atomic mass is 16.3. The van der Waals surface area contributed by atoms with Crippen molar-refractivity contribution >= 4 is 17.2 Å². The number of nitrogens with one attached hydrogen (secondary N) is 1. The number of benzene rings is 1. The number of aryl methyl sites for hydroxylation is 1. The van der Waals surface area contributed by atoms with Gasteiger partial charge >= 0.3 is 0 Å². The molecule has 0 aliphatic heterocycles.